The van der Waals surface area contributed by atoms with Crippen molar-refractivity contribution in [1.82, 2.24) is 19.7 Å². The van der Waals surface area contributed by atoms with Crippen molar-refractivity contribution in [3.8, 4) is 17.1 Å². The maximum absolute atomic E-state index is 12.0. The Morgan fingerprint density at radius 1 is 1.22 bits per heavy atom. The number of carbonyl (C=O) groups excluding carboxylic acids is 1. The normalized spacial score (nSPS) is 19.7. The fourth-order valence-electron chi connectivity index (χ4n) is 3.55. The quantitative estimate of drug-likeness (QED) is 0.703. The van der Waals surface area contributed by atoms with E-state index in [0.717, 1.165) is 28.7 Å². The van der Waals surface area contributed by atoms with Crippen LogP contribution in [0.5, 0.6) is 5.75 Å². The summed E-state index contributed by atoms with van der Waals surface area (Å²) in [5, 5.41) is 9.78. The molecule has 6 nitrogen and oxygen atoms in total. The summed E-state index contributed by atoms with van der Waals surface area (Å²) in [4.78, 5) is 13.7. The zero-order valence-corrected chi connectivity index (χ0v) is 17.3. The van der Waals surface area contributed by atoms with Crippen LogP contribution in [0.15, 0.2) is 29.4 Å². The number of aromatic nitrogens is 3. The molecule has 146 valence electrons. The molecule has 7 heteroatoms. The van der Waals surface area contributed by atoms with Gasteiger partial charge in [-0.05, 0) is 43.0 Å². The van der Waals surface area contributed by atoms with E-state index in [1.54, 1.807) is 26.1 Å². The molecular weight excluding hydrogens is 360 g/mol. The van der Waals surface area contributed by atoms with Crippen LogP contribution in [-0.2, 0) is 4.79 Å². The van der Waals surface area contributed by atoms with E-state index >= 15 is 0 Å². The number of ether oxygens (including phenoxy) is 1. The molecule has 1 saturated carbocycles. The average Bonchev–Trinajstić information content (AvgIpc) is 3.10. The lowest BCUT2D eigenvalue weighted by atomic mass is 9.85. The smallest absolute Gasteiger partial charge is 0.232 e. The first kappa shape index (κ1) is 19.7. The second-order valence-corrected chi connectivity index (χ2v) is 8.25. The van der Waals surface area contributed by atoms with Gasteiger partial charge in [0.1, 0.15) is 5.75 Å². The van der Waals surface area contributed by atoms with Crippen molar-refractivity contribution in [3.05, 3.63) is 24.3 Å². The van der Waals surface area contributed by atoms with Gasteiger partial charge in [-0.3, -0.25) is 9.36 Å². The summed E-state index contributed by atoms with van der Waals surface area (Å²) in [6.07, 6.45) is 4.83. The van der Waals surface area contributed by atoms with Gasteiger partial charge < -0.3 is 9.64 Å². The van der Waals surface area contributed by atoms with Crippen molar-refractivity contribution in [2.24, 2.45) is 5.92 Å². The lowest BCUT2D eigenvalue weighted by molar-refractivity contribution is -0.125. The molecule has 0 bridgehead atoms. The highest BCUT2D eigenvalue weighted by Gasteiger charge is 2.29. The Morgan fingerprint density at radius 2 is 1.93 bits per heavy atom. The molecule has 1 heterocycles. The summed E-state index contributed by atoms with van der Waals surface area (Å²) in [7, 11) is 5.22. The van der Waals surface area contributed by atoms with Gasteiger partial charge in [0.15, 0.2) is 11.0 Å². The van der Waals surface area contributed by atoms with E-state index in [1.165, 1.54) is 31.0 Å². The summed E-state index contributed by atoms with van der Waals surface area (Å²) in [5.41, 5.74) is 1.02. The van der Waals surface area contributed by atoms with Gasteiger partial charge in [0, 0.05) is 25.7 Å². The standard InChI is InChI=1S/C20H28N4O2S/c1-14-7-5-6-8-17(14)24-19(15-9-11-16(26-4)12-10-15)21-22-20(24)27-13-18(25)23(2)3/h9-12,14,17H,5-8,13H2,1-4H3/t14-,17-/m1/s1. The molecule has 1 aromatic carbocycles. The molecule has 0 unspecified atom stereocenters. The van der Waals surface area contributed by atoms with E-state index in [4.69, 9.17) is 4.74 Å². The minimum atomic E-state index is 0.0808. The highest BCUT2D eigenvalue weighted by molar-refractivity contribution is 7.99. The van der Waals surface area contributed by atoms with E-state index in [1.807, 2.05) is 24.3 Å². The van der Waals surface area contributed by atoms with Crippen molar-refractivity contribution < 1.29 is 9.53 Å². The van der Waals surface area contributed by atoms with Crippen LogP contribution in [0.2, 0.25) is 0 Å². The average molecular weight is 389 g/mol. The molecule has 0 aliphatic heterocycles. The third kappa shape index (κ3) is 4.46. The maximum atomic E-state index is 12.0. The Bertz CT molecular complexity index is 773. The first-order valence-electron chi connectivity index (χ1n) is 9.43. The predicted molar refractivity (Wildman–Crippen MR) is 108 cm³/mol. The van der Waals surface area contributed by atoms with E-state index in [2.05, 4.69) is 21.7 Å². The van der Waals surface area contributed by atoms with Crippen LogP contribution >= 0.6 is 11.8 Å². The molecule has 0 N–H and O–H groups in total. The largest absolute Gasteiger partial charge is 0.497 e. The number of hydrogen-bond donors (Lipinski definition) is 0. The Morgan fingerprint density at radius 3 is 2.56 bits per heavy atom. The van der Waals surface area contributed by atoms with Crippen molar-refractivity contribution in [3.63, 3.8) is 0 Å². The van der Waals surface area contributed by atoms with Crippen molar-refractivity contribution >= 4 is 17.7 Å². The topological polar surface area (TPSA) is 60.3 Å². The van der Waals surface area contributed by atoms with Crippen LogP contribution in [0, 0.1) is 5.92 Å². The van der Waals surface area contributed by atoms with Crippen LogP contribution in [0.25, 0.3) is 11.4 Å². The van der Waals surface area contributed by atoms with Gasteiger partial charge in [0.25, 0.3) is 0 Å². The molecule has 27 heavy (non-hydrogen) atoms. The first-order valence-corrected chi connectivity index (χ1v) is 10.4. The van der Waals surface area contributed by atoms with Crippen LogP contribution in [0.3, 0.4) is 0 Å². The van der Waals surface area contributed by atoms with E-state index < -0.39 is 0 Å². The summed E-state index contributed by atoms with van der Waals surface area (Å²) in [6.45, 7) is 2.31. The lowest BCUT2D eigenvalue weighted by Gasteiger charge is -2.31. The number of benzene rings is 1. The van der Waals surface area contributed by atoms with Crippen molar-refractivity contribution in [1.29, 1.82) is 0 Å². The molecule has 0 spiro atoms. The zero-order valence-electron chi connectivity index (χ0n) is 16.5. The number of amides is 1. The zero-order chi connectivity index (χ0) is 19.4. The van der Waals surface area contributed by atoms with Gasteiger partial charge in [0.05, 0.1) is 12.9 Å². The summed E-state index contributed by atoms with van der Waals surface area (Å²) in [5.74, 6) is 2.71. The summed E-state index contributed by atoms with van der Waals surface area (Å²) >= 11 is 1.48. The second-order valence-electron chi connectivity index (χ2n) is 7.31. The van der Waals surface area contributed by atoms with E-state index in [-0.39, 0.29) is 5.91 Å². The Hall–Kier alpha value is -2.02. The molecule has 1 aromatic heterocycles. The number of rotatable bonds is 6. The van der Waals surface area contributed by atoms with Gasteiger partial charge in [-0.15, -0.1) is 10.2 Å². The SMILES string of the molecule is COc1ccc(-c2nnc(SCC(=O)N(C)C)n2[C@@H]2CCCC[C@H]2C)cc1. The van der Waals surface area contributed by atoms with Gasteiger partial charge in [-0.1, -0.05) is 31.5 Å². The third-order valence-electron chi connectivity index (χ3n) is 5.23. The fourth-order valence-corrected chi connectivity index (χ4v) is 4.52. The molecule has 1 fully saturated rings. The molecule has 1 aliphatic rings. The third-order valence-corrected chi connectivity index (χ3v) is 6.16. The maximum Gasteiger partial charge on any atom is 0.232 e. The van der Waals surface area contributed by atoms with Crippen molar-refractivity contribution in [2.75, 3.05) is 27.0 Å². The monoisotopic (exact) mass is 388 g/mol. The second kappa shape index (κ2) is 8.78. The minimum absolute atomic E-state index is 0.0808. The minimum Gasteiger partial charge on any atom is -0.497 e. The summed E-state index contributed by atoms with van der Waals surface area (Å²) < 4.78 is 7.54. The predicted octanol–water partition coefficient (Wildman–Crippen LogP) is 3.89. The van der Waals surface area contributed by atoms with Crippen LogP contribution in [-0.4, -0.2) is 52.5 Å². The molecule has 0 saturated heterocycles. The Kier molecular flexibility index (Phi) is 6.42. The number of hydrogen-bond acceptors (Lipinski definition) is 5. The molecular formula is C20H28N4O2S. The van der Waals surface area contributed by atoms with E-state index in [9.17, 15) is 4.79 Å². The molecule has 3 rings (SSSR count). The van der Waals surface area contributed by atoms with Crippen LogP contribution < -0.4 is 4.74 Å². The van der Waals surface area contributed by atoms with Gasteiger partial charge >= 0.3 is 0 Å². The Labute approximate surface area is 165 Å². The fraction of sp³-hybridized carbons (Fsp3) is 0.550. The molecule has 2 atom stereocenters. The Balaban J connectivity index is 1.95. The van der Waals surface area contributed by atoms with Gasteiger partial charge in [-0.25, -0.2) is 0 Å². The van der Waals surface area contributed by atoms with E-state index in [0.29, 0.717) is 17.7 Å². The lowest BCUT2D eigenvalue weighted by Crippen LogP contribution is -2.25. The molecule has 1 amide bonds. The number of carbonyl (C=O) groups is 1. The number of methoxy groups -OCH3 is 1. The summed E-state index contributed by atoms with van der Waals surface area (Å²) in [6, 6.07) is 8.29. The first-order chi connectivity index (χ1) is 13.0. The molecule has 0 radical (unpaired) electrons. The molecule has 2 aromatic rings. The van der Waals surface area contributed by atoms with Crippen LogP contribution in [0.4, 0.5) is 0 Å². The highest BCUT2D eigenvalue weighted by Crippen LogP contribution is 2.39. The highest BCUT2D eigenvalue weighted by atomic mass is 32.2. The number of nitrogens with zero attached hydrogens (tertiary/aromatic N) is 4. The van der Waals surface area contributed by atoms with Crippen LogP contribution in [0.1, 0.15) is 38.6 Å². The molecule has 1 aliphatic carbocycles. The van der Waals surface area contributed by atoms with Crippen molar-refractivity contribution in [2.45, 2.75) is 43.8 Å². The van der Waals surface area contributed by atoms with Gasteiger partial charge in [-0.2, -0.15) is 0 Å². The van der Waals surface area contributed by atoms with Gasteiger partial charge in [0.2, 0.25) is 5.91 Å². The number of thioether (sulfide) groups is 1.